The van der Waals surface area contributed by atoms with E-state index in [2.05, 4.69) is 24.8 Å². The van der Waals surface area contributed by atoms with Crippen molar-refractivity contribution in [2.75, 3.05) is 13.1 Å². The Labute approximate surface area is 251 Å². The number of rotatable bonds is 30. The summed E-state index contributed by atoms with van der Waals surface area (Å²) in [4.78, 5) is 0. The quantitative estimate of drug-likeness (QED) is 0.0515. The Kier molecular flexibility index (Phi) is 27.4. The van der Waals surface area contributed by atoms with Crippen molar-refractivity contribution in [3.63, 3.8) is 0 Å². The smallest absolute Gasteiger partial charge is 0.0207 e. The number of hydrogen-bond donors (Lipinski definition) is 4. The zero-order chi connectivity index (χ0) is 28.9. The van der Waals surface area contributed by atoms with E-state index in [1.54, 1.807) is 0 Å². The van der Waals surface area contributed by atoms with Gasteiger partial charge in [0.2, 0.25) is 0 Å². The highest BCUT2D eigenvalue weighted by atomic mass is 16.5. The van der Waals surface area contributed by atoms with E-state index in [9.17, 15) is 0 Å². The van der Waals surface area contributed by atoms with Crippen molar-refractivity contribution in [3.05, 3.63) is 0 Å². The molecule has 1 aliphatic rings. The molecule has 4 unspecified atom stereocenters. The van der Waals surface area contributed by atoms with Crippen molar-refractivity contribution in [1.82, 2.24) is 11.0 Å². The maximum absolute atomic E-state index is 8.75. The summed E-state index contributed by atoms with van der Waals surface area (Å²) >= 11 is 0. The Balaban J connectivity index is 2.61. The monoisotopic (exact) mass is 567 g/mol. The van der Waals surface area contributed by atoms with E-state index in [1.165, 1.54) is 167 Å². The molecule has 0 amide bonds. The molecule has 0 heterocycles. The van der Waals surface area contributed by atoms with Gasteiger partial charge in [0.25, 0.3) is 0 Å². The topological polar surface area (TPSA) is 64.5 Å². The van der Waals surface area contributed by atoms with Crippen molar-refractivity contribution in [2.45, 2.75) is 194 Å². The molecule has 4 N–H and O–H groups in total. The summed E-state index contributed by atoms with van der Waals surface area (Å²) in [7, 11) is 0. The van der Waals surface area contributed by atoms with Crippen LogP contribution in [0.2, 0.25) is 0 Å². The van der Waals surface area contributed by atoms with Crippen LogP contribution in [0.4, 0.5) is 0 Å². The molecule has 1 aliphatic carbocycles. The lowest BCUT2D eigenvalue weighted by Crippen LogP contribution is -2.35. The standard InChI is InChI=1S/C36H74N2O2/c1-3-5-7-14-21-27-35-33(25-19-6-4-2)29-30-34(26-20-15-10-8-12-17-23-31-37-39)36(35)28-22-16-11-9-13-18-24-32-38-40/h33-40H,3-32H2,1-2H3. The minimum atomic E-state index is 0.741. The van der Waals surface area contributed by atoms with Crippen LogP contribution < -0.4 is 11.0 Å². The molecule has 0 saturated heterocycles. The first-order chi connectivity index (χ1) is 19.8. The Bertz CT molecular complexity index is 503. The van der Waals surface area contributed by atoms with Crippen LogP contribution in [0.1, 0.15) is 194 Å². The van der Waals surface area contributed by atoms with E-state index in [-0.39, 0.29) is 0 Å². The zero-order valence-electron chi connectivity index (χ0n) is 27.4. The molecule has 0 aromatic heterocycles. The number of hydrogen-bond acceptors (Lipinski definition) is 4. The van der Waals surface area contributed by atoms with Crippen molar-refractivity contribution in [1.29, 1.82) is 0 Å². The SMILES string of the molecule is CCCCCCCC1C(CCCCC)CCC(CCCCCCCCCNO)C1CCCCCCCCCNO. The maximum atomic E-state index is 8.75. The van der Waals surface area contributed by atoms with Gasteiger partial charge in [0.05, 0.1) is 0 Å². The molecule has 4 heteroatoms. The molecule has 240 valence electrons. The van der Waals surface area contributed by atoms with Gasteiger partial charge in [-0.25, -0.2) is 11.0 Å². The third kappa shape index (κ3) is 19.9. The zero-order valence-corrected chi connectivity index (χ0v) is 27.4. The largest absolute Gasteiger partial charge is 0.317 e. The van der Waals surface area contributed by atoms with Crippen LogP contribution in [0.15, 0.2) is 0 Å². The van der Waals surface area contributed by atoms with Gasteiger partial charge in [0.15, 0.2) is 0 Å². The van der Waals surface area contributed by atoms with Gasteiger partial charge in [-0.05, 0) is 62.2 Å². The van der Waals surface area contributed by atoms with Crippen LogP contribution in [0.3, 0.4) is 0 Å². The number of unbranched alkanes of at least 4 members (excludes halogenated alkanes) is 18. The lowest BCUT2D eigenvalue weighted by molar-refractivity contribution is 0.0581. The second-order valence-corrected chi connectivity index (χ2v) is 13.5. The summed E-state index contributed by atoms with van der Waals surface area (Å²) in [5.74, 6) is 3.99. The second kappa shape index (κ2) is 28.9. The second-order valence-electron chi connectivity index (χ2n) is 13.5. The predicted molar refractivity (Wildman–Crippen MR) is 174 cm³/mol. The maximum Gasteiger partial charge on any atom is 0.0207 e. The fraction of sp³-hybridized carbons (Fsp3) is 1.00. The predicted octanol–water partition coefficient (Wildman–Crippen LogP) is 11.4. The van der Waals surface area contributed by atoms with Crippen LogP contribution in [-0.4, -0.2) is 23.5 Å². The van der Waals surface area contributed by atoms with E-state index in [0.29, 0.717) is 0 Å². The lowest BCUT2D eigenvalue weighted by atomic mass is 9.61. The average Bonchev–Trinajstić information content (AvgIpc) is 2.96. The Morgan fingerprint density at radius 2 is 0.700 bits per heavy atom. The fourth-order valence-corrected chi connectivity index (χ4v) is 7.77. The van der Waals surface area contributed by atoms with E-state index >= 15 is 0 Å². The first-order valence-corrected chi connectivity index (χ1v) is 18.5. The van der Waals surface area contributed by atoms with Gasteiger partial charge >= 0.3 is 0 Å². The van der Waals surface area contributed by atoms with Gasteiger partial charge in [0.1, 0.15) is 0 Å². The summed E-state index contributed by atoms with van der Waals surface area (Å²) in [5.41, 5.74) is 4.58. The average molecular weight is 567 g/mol. The molecule has 0 bridgehead atoms. The molecular weight excluding hydrogens is 492 g/mol. The highest BCUT2D eigenvalue weighted by Gasteiger charge is 2.37. The molecule has 0 aliphatic heterocycles. The molecule has 4 atom stereocenters. The van der Waals surface area contributed by atoms with E-state index in [0.717, 1.165) is 49.6 Å². The van der Waals surface area contributed by atoms with Crippen molar-refractivity contribution >= 4 is 0 Å². The minimum absolute atomic E-state index is 0.741. The molecule has 1 saturated carbocycles. The normalized spacial score (nSPS) is 21.3. The van der Waals surface area contributed by atoms with E-state index in [4.69, 9.17) is 10.4 Å². The molecular formula is C36H74N2O2. The molecule has 4 nitrogen and oxygen atoms in total. The first-order valence-electron chi connectivity index (χ1n) is 18.5. The van der Waals surface area contributed by atoms with Crippen molar-refractivity contribution in [2.24, 2.45) is 23.7 Å². The van der Waals surface area contributed by atoms with Gasteiger partial charge in [-0.15, -0.1) is 0 Å². The van der Waals surface area contributed by atoms with E-state index in [1.807, 2.05) is 0 Å². The van der Waals surface area contributed by atoms with Crippen LogP contribution in [0.25, 0.3) is 0 Å². The molecule has 1 rings (SSSR count). The van der Waals surface area contributed by atoms with Gasteiger partial charge in [-0.3, -0.25) is 0 Å². The minimum Gasteiger partial charge on any atom is -0.317 e. The third-order valence-electron chi connectivity index (χ3n) is 10.2. The fourth-order valence-electron chi connectivity index (χ4n) is 7.77. The summed E-state index contributed by atoms with van der Waals surface area (Å²) in [5, 5.41) is 17.5. The van der Waals surface area contributed by atoms with Crippen molar-refractivity contribution in [3.8, 4) is 0 Å². The molecule has 0 aromatic rings. The van der Waals surface area contributed by atoms with Crippen LogP contribution in [0, 0.1) is 23.7 Å². The number of nitrogens with one attached hydrogen (secondary N) is 2. The highest BCUT2D eigenvalue weighted by molar-refractivity contribution is 4.88. The summed E-state index contributed by atoms with van der Waals surface area (Å²) in [6.45, 7) is 6.18. The van der Waals surface area contributed by atoms with Crippen molar-refractivity contribution < 1.29 is 10.4 Å². The molecule has 0 radical (unpaired) electrons. The summed E-state index contributed by atoms with van der Waals surface area (Å²) < 4.78 is 0. The molecule has 0 aromatic carbocycles. The Morgan fingerprint density at radius 3 is 1.10 bits per heavy atom. The highest BCUT2D eigenvalue weighted by Crippen LogP contribution is 2.47. The van der Waals surface area contributed by atoms with Crippen LogP contribution in [-0.2, 0) is 0 Å². The third-order valence-corrected chi connectivity index (χ3v) is 10.2. The summed E-state index contributed by atoms with van der Waals surface area (Å²) in [6.07, 6.45) is 39.1. The lowest BCUT2D eigenvalue weighted by Gasteiger charge is -2.44. The van der Waals surface area contributed by atoms with Crippen LogP contribution >= 0.6 is 0 Å². The number of hydroxylamine groups is 2. The van der Waals surface area contributed by atoms with E-state index < -0.39 is 0 Å². The molecule has 40 heavy (non-hydrogen) atoms. The van der Waals surface area contributed by atoms with Gasteiger partial charge in [-0.1, -0.05) is 155 Å². The molecule has 0 spiro atoms. The van der Waals surface area contributed by atoms with Gasteiger partial charge in [0, 0.05) is 13.1 Å². The molecule has 1 fully saturated rings. The first kappa shape index (κ1) is 37.9. The van der Waals surface area contributed by atoms with Gasteiger partial charge < -0.3 is 10.4 Å². The van der Waals surface area contributed by atoms with Crippen LogP contribution in [0.5, 0.6) is 0 Å². The Morgan fingerprint density at radius 1 is 0.400 bits per heavy atom. The Hall–Kier alpha value is -0.160. The van der Waals surface area contributed by atoms with Gasteiger partial charge in [-0.2, -0.15) is 0 Å². The summed E-state index contributed by atoms with van der Waals surface area (Å²) in [6, 6.07) is 0.